The van der Waals surface area contributed by atoms with Crippen molar-refractivity contribution in [2.75, 3.05) is 0 Å². The van der Waals surface area contributed by atoms with Crippen LogP contribution in [-0.2, 0) is 16.1 Å². The molecule has 146 valence electrons. The van der Waals surface area contributed by atoms with E-state index in [1.165, 1.54) is 35.4 Å². The van der Waals surface area contributed by atoms with Crippen molar-refractivity contribution in [3.8, 4) is 0 Å². The molecule has 1 atom stereocenters. The van der Waals surface area contributed by atoms with Crippen molar-refractivity contribution in [1.29, 1.82) is 0 Å². The Morgan fingerprint density at radius 2 is 1.79 bits per heavy atom. The van der Waals surface area contributed by atoms with E-state index in [9.17, 15) is 19.1 Å². The summed E-state index contributed by atoms with van der Waals surface area (Å²) in [6.07, 6.45) is 1.47. The minimum absolute atomic E-state index is 0.0215. The smallest absolute Gasteiger partial charge is 0.296 e. The average Bonchev–Trinajstić information content (AvgIpc) is 3.31. The van der Waals surface area contributed by atoms with Crippen LogP contribution in [0.5, 0.6) is 0 Å². The third-order valence-electron chi connectivity index (χ3n) is 4.76. The molecule has 1 unspecified atom stereocenters. The van der Waals surface area contributed by atoms with Crippen LogP contribution in [0.3, 0.4) is 0 Å². The van der Waals surface area contributed by atoms with Crippen LogP contribution in [-0.4, -0.2) is 21.7 Å². The zero-order valence-electron chi connectivity index (χ0n) is 15.0. The molecular formula is C22H15ClFNO4. The molecule has 1 amide bonds. The van der Waals surface area contributed by atoms with Gasteiger partial charge in [0.25, 0.3) is 11.7 Å². The number of nitrogens with zero attached hydrogens (tertiary/aromatic N) is 1. The largest absolute Gasteiger partial charge is 0.507 e. The van der Waals surface area contributed by atoms with Crippen molar-refractivity contribution in [2.24, 2.45) is 0 Å². The number of rotatable bonds is 4. The molecule has 4 rings (SSSR count). The molecule has 0 spiro atoms. The van der Waals surface area contributed by atoms with Crippen LogP contribution in [0.1, 0.15) is 22.9 Å². The number of aliphatic hydroxyl groups is 1. The molecule has 0 bridgehead atoms. The maximum absolute atomic E-state index is 13.3. The van der Waals surface area contributed by atoms with Crippen molar-refractivity contribution < 1.29 is 23.5 Å². The van der Waals surface area contributed by atoms with Gasteiger partial charge in [-0.2, -0.15) is 0 Å². The minimum Gasteiger partial charge on any atom is -0.507 e. The van der Waals surface area contributed by atoms with Gasteiger partial charge in [0.1, 0.15) is 17.3 Å². The Hall–Kier alpha value is -3.38. The number of hydrogen-bond acceptors (Lipinski definition) is 4. The van der Waals surface area contributed by atoms with Gasteiger partial charge in [-0.05, 0) is 48.0 Å². The zero-order valence-corrected chi connectivity index (χ0v) is 15.8. The molecule has 1 aliphatic rings. The predicted octanol–water partition coefficient (Wildman–Crippen LogP) is 4.69. The molecule has 29 heavy (non-hydrogen) atoms. The summed E-state index contributed by atoms with van der Waals surface area (Å²) in [5.41, 5.74) is 0.601. The minimum atomic E-state index is -0.918. The van der Waals surface area contributed by atoms with Crippen LogP contribution in [0.4, 0.5) is 4.39 Å². The number of ketones is 1. The quantitative estimate of drug-likeness (QED) is 0.384. The molecule has 1 fully saturated rings. The van der Waals surface area contributed by atoms with Crippen molar-refractivity contribution in [2.45, 2.75) is 12.6 Å². The normalized spacial score (nSPS) is 18.4. The second-order valence-corrected chi connectivity index (χ2v) is 6.94. The Labute approximate surface area is 170 Å². The standard InChI is InChI=1S/C22H15ClFNO4/c23-17-6-2-1-5-16(17)19-18(20(26)13-7-9-14(24)10-8-13)21(27)22(28)25(19)12-15-4-3-11-29-15/h1-11,19,26H,12H2/b20-18-. The van der Waals surface area contributed by atoms with Gasteiger partial charge in [0.05, 0.1) is 24.4 Å². The SMILES string of the molecule is O=C1C(=O)N(Cc2ccco2)C(c2ccccc2Cl)/C1=C(/O)c1ccc(F)cc1. The third-order valence-corrected chi connectivity index (χ3v) is 5.11. The number of carbonyl (C=O) groups excluding carboxylic acids is 2. The highest BCUT2D eigenvalue weighted by molar-refractivity contribution is 6.46. The van der Waals surface area contributed by atoms with Crippen LogP contribution < -0.4 is 0 Å². The fourth-order valence-electron chi connectivity index (χ4n) is 3.40. The number of benzene rings is 2. The highest BCUT2D eigenvalue weighted by Crippen LogP contribution is 2.42. The average molecular weight is 412 g/mol. The van der Waals surface area contributed by atoms with E-state index in [2.05, 4.69) is 0 Å². The first-order chi connectivity index (χ1) is 14.0. The summed E-state index contributed by atoms with van der Waals surface area (Å²) < 4.78 is 18.6. The summed E-state index contributed by atoms with van der Waals surface area (Å²) in [7, 11) is 0. The van der Waals surface area contributed by atoms with E-state index < -0.39 is 29.3 Å². The van der Waals surface area contributed by atoms with E-state index >= 15 is 0 Å². The van der Waals surface area contributed by atoms with Gasteiger partial charge in [0, 0.05) is 10.6 Å². The lowest BCUT2D eigenvalue weighted by Gasteiger charge is -2.25. The van der Waals surface area contributed by atoms with Crippen molar-refractivity contribution in [3.05, 3.63) is 100 Å². The van der Waals surface area contributed by atoms with Crippen molar-refractivity contribution >= 4 is 29.1 Å². The second-order valence-electron chi connectivity index (χ2n) is 6.53. The summed E-state index contributed by atoms with van der Waals surface area (Å²) >= 11 is 6.36. The maximum atomic E-state index is 13.3. The number of halogens is 2. The molecule has 1 N–H and O–H groups in total. The van der Waals surface area contributed by atoms with Crippen LogP contribution in [0, 0.1) is 5.82 Å². The van der Waals surface area contributed by atoms with Crippen LogP contribution in [0.2, 0.25) is 5.02 Å². The number of Topliss-reactive ketones (excluding diaryl/α,β-unsaturated/α-hetero) is 1. The first-order valence-corrected chi connectivity index (χ1v) is 9.16. The van der Waals surface area contributed by atoms with Crippen LogP contribution in [0.15, 0.2) is 76.9 Å². The van der Waals surface area contributed by atoms with Gasteiger partial charge in [-0.3, -0.25) is 9.59 Å². The van der Waals surface area contributed by atoms with E-state index in [-0.39, 0.29) is 17.7 Å². The van der Waals surface area contributed by atoms with E-state index in [1.807, 2.05) is 0 Å². The molecule has 1 saturated heterocycles. The summed E-state index contributed by atoms with van der Waals surface area (Å²) in [4.78, 5) is 27.0. The molecule has 1 aromatic heterocycles. The number of amides is 1. The molecule has 5 nitrogen and oxygen atoms in total. The summed E-state index contributed by atoms with van der Waals surface area (Å²) in [5.74, 6) is -2.03. The number of furan rings is 1. The van der Waals surface area contributed by atoms with Gasteiger partial charge >= 0.3 is 0 Å². The number of aliphatic hydroxyl groups excluding tert-OH is 1. The highest BCUT2D eigenvalue weighted by atomic mass is 35.5. The van der Waals surface area contributed by atoms with E-state index in [1.54, 1.807) is 36.4 Å². The number of hydrogen-bond donors (Lipinski definition) is 1. The fourth-order valence-corrected chi connectivity index (χ4v) is 3.64. The van der Waals surface area contributed by atoms with Crippen molar-refractivity contribution in [3.63, 3.8) is 0 Å². The lowest BCUT2D eigenvalue weighted by atomic mass is 9.95. The molecule has 7 heteroatoms. The van der Waals surface area contributed by atoms with E-state index in [0.29, 0.717) is 16.3 Å². The first-order valence-electron chi connectivity index (χ1n) is 8.78. The van der Waals surface area contributed by atoms with Gasteiger partial charge in [-0.25, -0.2) is 4.39 Å². The molecule has 0 aliphatic carbocycles. The Kier molecular flexibility index (Phi) is 4.94. The summed E-state index contributed by atoms with van der Waals surface area (Å²) in [5, 5.41) is 11.2. The van der Waals surface area contributed by atoms with Gasteiger partial charge in [0.2, 0.25) is 0 Å². The molecule has 2 aromatic carbocycles. The van der Waals surface area contributed by atoms with Crippen LogP contribution >= 0.6 is 11.6 Å². The van der Waals surface area contributed by atoms with Crippen LogP contribution in [0.25, 0.3) is 5.76 Å². The van der Waals surface area contributed by atoms with Gasteiger partial charge in [0.15, 0.2) is 0 Å². The van der Waals surface area contributed by atoms with E-state index in [4.69, 9.17) is 16.0 Å². The van der Waals surface area contributed by atoms with Crippen molar-refractivity contribution in [1.82, 2.24) is 4.90 Å². The third kappa shape index (κ3) is 3.43. The topological polar surface area (TPSA) is 70.8 Å². The highest BCUT2D eigenvalue weighted by Gasteiger charge is 2.47. The lowest BCUT2D eigenvalue weighted by molar-refractivity contribution is -0.140. The first kappa shape index (κ1) is 19.0. The Balaban J connectivity index is 1.89. The van der Waals surface area contributed by atoms with Gasteiger partial charge < -0.3 is 14.4 Å². The molecule has 0 saturated carbocycles. The number of carbonyl (C=O) groups is 2. The van der Waals surface area contributed by atoms with E-state index in [0.717, 1.165) is 0 Å². The molecular weight excluding hydrogens is 397 g/mol. The Morgan fingerprint density at radius 1 is 1.07 bits per heavy atom. The second kappa shape index (κ2) is 7.56. The lowest BCUT2D eigenvalue weighted by Crippen LogP contribution is -2.29. The Bertz CT molecular complexity index is 1110. The predicted molar refractivity (Wildman–Crippen MR) is 104 cm³/mol. The van der Waals surface area contributed by atoms with Gasteiger partial charge in [-0.15, -0.1) is 0 Å². The molecule has 2 heterocycles. The maximum Gasteiger partial charge on any atom is 0.296 e. The molecule has 1 aliphatic heterocycles. The number of likely N-dealkylation sites (tertiary alicyclic amines) is 1. The molecule has 3 aromatic rings. The fraction of sp³-hybridized carbons (Fsp3) is 0.0909. The van der Waals surface area contributed by atoms with Gasteiger partial charge in [-0.1, -0.05) is 29.8 Å². The summed E-state index contributed by atoms with van der Waals surface area (Å²) in [6, 6.07) is 14.2. The zero-order chi connectivity index (χ0) is 20.5. The summed E-state index contributed by atoms with van der Waals surface area (Å²) in [6.45, 7) is 0.0215. The monoisotopic (exact) mass is 411 g/mol. The Morgan fingerprint density at radius 3 is 2.45 bits per heavy atom. The molecule has 0 radical (unpaired) electrons.